The van der Waals surface area contributed by atoms with Gasteiger partial charge in [0.05, 0.1) is 29.9 Å². The third kappa shape index (κ3) is 5.55. The maximum atomic E-state index is 12.9. The van der Waals surface area contributed by atoms with E-state index in [0.717, 1.165) is 11.1 Å². The maximum Gasteiger partial charge on any atom is 0.261 e. The molecule has 4 aromatic rings. The maximum absolute atomic E-state index is 12.9. The molecule has 0 atom stereocenters. The standard InChI is InChI=1S/C26H23Br2N3O4S/c1-13(2)14-5-8-22-20(9-14)29-25(35-22)15-6-7-21(33-3)19(10-15)30-26(36)31-24(32)17-11-16(27)12-18(28)23(17)34-4/h5-13H,1-4H3,(H2,30,31,32,36). The van der Waals surface area contributed by atoms with Gasteiger partial charge in [-0.15, -0.1) is 0 Å². The van der Waals surface area contributed by atoms with Crippen molar-refractivity contribution in [2.75, 3.05) is 19.5 Å². The highest BCUT2D eigenvalue weighted by Gasteiger charge is 2.19. The summed E-state index contributed by atoms with van der Waals surface area (Å²) in [4.78, 5) is 17.6. The zero-order chi connectivity index (χ0) is 26.0. The highest BCUT2D eigenvalue weighted by Crippen LogP contribution is 2.34. The second kappa shape index (κ2) is 11.0. The van der Waals surface area contributed by atoms with Crippen molar-refractivity contribution in [3.63, 3.8) is 0 Å². The number of ether oxygens (including phenoxy) is 2. The predicted molar refractivity (Wildman–Crippen MR) is 152 cm³/mol. The van der Waals surface area contributed by atoms with Crippen LogP contribution in [0.2, 0.25) is 0 Å². The molecule has 1 amide bonds. The van der Waals surface area contributed by atoms with E-state index in [1.54, 1.807) is 25.3 Å². The summed E-state index contributed by atoms with van der Waals surface area (Å²) in [6.45, 7) is 4.27. The molecule has 0 spiro atoms. The van der Waals surface area contributed by atoms with Gasteiger partial charge in [-0.05, 0) is 82.1 Å². The molecule has 0 unspecified atom stereocenters. The first kappa shape index (κ1) is 26.1. The minimum atomic E-state index is -0.429. The van der Waals surface area contributed by atoms with Crippen LogP contribution >= 0.6 is 44.1 Å². The van der Waals surface area contributed by atoms with Crippen LogP contribution in [0, 0.1) is 0 Å². The summed E-state index contributed by atoms with van der Waals surface area (Å²) in [5.41, 5.74) is 4.28. The number of hydrogen-bond donors (Lipinski definition) is 2. The number of hydrogen-bond acceptors (Lipinski definition) is 6. The number of nitrogens with one attached hydrogen (secondary N) is 2. The molecule has 0 aliphatic heterocycles. The second-order valence-electron chi connectivity index (χ2n) is 8.19. The average Bonchev–Trinajstić information content (AvgIpc) is 3.27. The van der Waals surface area contributed by atoms with Crippen LogP contribution in [0.15, 0.2) is 61.9 Å². The Bertz CT molecular complexity index is 1470. The number of aromatic nitrogens is 1. The fourth-order valence-electron chi connectivity index (χ4n) is 3.63. The molecule has 0 aliphatic carbocycles. The third-order valence-corrected chi connectivity index (χ3v) is 6.71. The fraction of sp³-hybridized carbons (Fsp3) is 0.192. The van der Waals surface area contributed by atoms with E-state index in [0.29, 0.717) is 49.1 Å². The Morgan fingerprint density at radius 1 is 1.06 bits per heavy atom. The number of carbonyl (C=O) groups excluding carboxylic acids is 1. The van der Waals surface area contributed by atoms with Crippen LogP contribution < -0.4 is 20.1 Å². The molecule has 0 saturated carbocycles. The van der Waals surface area contributed by atoms with Gasteiger partial charge in [-0.3, -0.25) is 10.1 Å². The van der Waals surface area contributed by atoms with E-state index in [4.69, 9.17) is 26.1 Å². The number of oxazole rings is 1. The molecular formula is C26H23Br2N3O4S. The summed E-state index contributed by atoms with van der Waals surface area (Å²) in [5.74, 6) is 1.36. The van der Waals surface area contributed by atoms with Crippen LogP contribution in [0.3, 0.4) is 0 Å². The van der Waals surface area contributed by atoms with Crippen molar-refractivity contribution in [2.45, 2.75) is 19.8 Å². The van der Waals surface area contributed by atoms with Crippen molar-refractivity contribution < 1.29 is 18.7 Å². The van der Waals surface area contributed by atoms with Gasteiger partial charge in [0.25, 0.3) is 5.91 Å². The first-order valence-corrected chi connectivity index (χ1v) is 12.9. The number of amides is 1. The van der Waals surface area contributed by atoms with Crippen molar-refractivity contribution in [3.05, 3.63) is 68.6 Å². The van der Waals surface area contributed by atoms with Crippen molar-refractivity contribution in [2.24, 2.45) is 0 Å². The number of benzene rings is 3. The van der Waals surface area contributed by atoms with Gasteiger partial charge >= 0.3 is 0 Å². The lowest BCUT2D eigenvalue weighted by molar-refractivity contribution is 0.0974. The van der Waals surface area contributed by atoms with E-state index in [2.05, 4.69) is 61.3 Å². The Morgan fingerprint density at radius 3 is 2.53 bits per heavy atom. The molecule has 3 aromatic carbocycles. The summed E-state index contributed by atoms with van der Waals surface area (Å²) in [6.07, 6.45) is 0. The average molecular weight is 633 g/mol. The molecule has 1 heterocycles. The summed E-state index contributed by atoms with van der Waals surface area (Å²) < 4.78 is 18.2. The fourth-order valence-corrected chi connectivity index (χ4v) is 5.22. The molecule has 36 heavy (non-hydrogen) atoms. The largest absolute Gasteiger partial charge is 0.495 e. The zero-order valence-corrected chi connectivity index (χ0v) is 23.9. The van der Waals surface area contributed by atoms with Crippen molar-refractivity contribution in [1.82, 2.24) is 10.3 Å². The number of thiocarbonyl (C=S) groups is 1. The number of nitrogens with zero attached hydrogens (tertiary/aromatic N) is 1. The van der Waals surface area contributed by atoms with Gasteiger partial charge in [0.15, 0.2) is 10.7 Å². The van der Waals surface area contributed by atoms with E-state index in [-0.39, 0.29) is 5.11 Å². The molecule has 0 bridgehead atoms. The topological polar surface area (TPSA) is 85.6 Å². The lowest BCUT2D eigenvalue weighted by atomic mass is 10.0. The Morgan fingerprint density at radius 2 is 1.83 bits per heavy atom. The number of fused-ring (bicyclic) bond motifs is 1. The summed E-state index contributed by atoms with van der Waals surface area (Å²) in [5, 5.41) is 5.82. The molecule has 7 nitrogen and oxygen atoms in total. The van der Waals surface area contributed by atoms with Crippen LogP contribution in [0.4, 0.5) is 5.69 Å². The Labute approximate surface area is 230 Å². The van der Waals surface area contributed by atoms with Crippen molar-refractivity contribution in [1.29, 1.82) is 0 Å². The smallest absolute Gasteiger partial charge is 0.261 e. The van der Waals surface area contributed by atoms with E-state index in [1.807, 2.05) is 30.3 Å². The van der Waals surface area contributed by atoms with Crippen LogP contribution in [0.25, 0.3) is 22.6 Å². The van der Waals surface area contributed by atoms with Gasteiger partial charge < -0.3 is 19.2 Å². The number of anilines is 1. The first-order valence-electron chi connectivity index (χ1n) is 10.9. The minimum absolute atomic E-state index is 0.0905. The predicted octanol–water partition coefficient (Wildman–Crippen LogP) is 7.29. The molecule has 4 rings (SSSR count). The number of rotatable bonds is 6. The summed E-state index contributed by atoms with van der Waals surface area (Å²) >= 11 is 12.2. The van der Waals surface area contributed by atoms with Crippen LogP contribution in [0.1, 0.15) is 35.7 Å². The number of methoxy groups -OCH3 is 2. The van der Waals surface area contributed by atoms with E-state index in [9.17, 15) is 4.79 Å². The van der Waals surface area contributed by atoms with Gasteiger partial charge in [-0.1, -0.05) is 35.8 Å². The van der Waals surface area contributed by atoms with Gasteiger partial charge in [-0.2, -0.15) is 0 Å². The van der Waals surface area contributed by atoms with Crippen LogP contribution in [0.5, 0.6) is 11.5 Å². The lowest BCUT2D eigenvalue weighted by Crippen LogP contribution is -2.34. The zero-order valence-electron chi connectivity index (χ0n) is 19.9. The minimum Gasteiger partial charge on any atom is -0.495 e. The highest BCUT2D eigenvalue weighted by atomic mass is 79.9. The third-order valence-electron chi connectivity index (χ3n) is 5.46. The molecule has 0 aliphatic rings. The van der Waals surface area contributed by atoms with Crippen LogP contribution in [-0.4, -0.2) is 30.2 Å². The quantitative estimate of drug-likeness (QED) is 0.216. The molecule has 1 aromatic heterocycles. The molecule has 10 heteroatoms. The Kier molecular flexibility index (Phi) is 7.97. The lowest BCUT2D eigenvalue weighted by Gasteiger charge is -2.15. The SMILES string of the molecule is COc1ccc(-c2nc3cc(C(C)C)ccc3o2)cc1NC(=S)NC(=O)c1cc(Br)cc(Br)c1OC. The Balaban J connectivity index is 1.58. The molecular weight excluding hydrogens is 610 g/mol. The Hall–Kier alpha value is -2.95. The van der Waals surface area contributed by atoms with Gasteiger partial charge in [0.1, 0.15) is 17.0 Å². The van der Waals surface area contributed by atoms with Crippen molar-refractivity contribution in [3.8, 4) is 23.0 Å². The molecule has 0 saturated heterocycles. The van der Waals surface area contributed by atoms with E-state index >= 15 is 0 Å². The summed E-state index contributed by atoms with van der Waals surface area (Å²) in [7, 11) is 3.05. The highest BCUT2D eigenvalue weighted by molar-refractivity contribution is 9.11. The molecule has 186 valence electrons. The first-order chi connectivity index (χ1) is 17.2. The summed E-state index contributed by atoms with van der Waals surface area (Å²) in [6, 6.07) is 14.9. The van der Waals surface area contributed by atoms with Gasteiger partial charge in [-0.25, -0.2) is 4.98 Å². The monoisotopic (exact) mass is 631 g/mol. The van der Waals surface area contributed by atoms with Crippen molar-refractivity contribution >= 4 is 71.9 Å². The number of carbonyl (C=O) groups is 1. The molecule has 0 radical (unpaired) electrons. The molecule has 0 fully saturated rings. The number of halogens is 2. The van der Waals surface area contributed by atoms with Gasteiger partial charge in [0, 0.05) is 10.0 Å². The van der Waals surface area contributed by atoms with E-state index in [1.165, 1.54) is 12.7 Å². The second-order valence-corrected chi connectivity index (χ2v) is 10.4. The van der Waals surface area contributed by atoms with Crippen LogP contribution in [-0.2, 0) is 0 Å². The van der Waals surface area contributed by atoms with E-state index < -0.39 is 5.91 Å². The molecule has 2 N–H and O–H groups in total. The normalized spacial score (nSPS) is 11.0. The van der Waals surface area contributed by atoms with Gasteiger partial charge in [0.2, 0.25) is 5.89 Å².